The number of benzene rings is 2. The number of carbonyl (C=O) groups is 1. The van der Waals surface area contributed by atoms with Crippen molar-refractivity contribution >= 4 is 17.4 Å². The second kappa shape index (κ2) is 8.95. The van der Waals surface area contributed by atoms with Crippen molar-refractivity contribution in [2.24, 2.45) is 0 Å². The van der Waals surface area contributed by atoms with Gasteiger partial charge in [0.25, 0.3) is 0 Å². The van der Waals surface area contributed by atoms with Gasteiger partial charge in [0.05, 0.1) is 11.9 Å². The number of hydrogen-bond acceptors (Lipinski definition) is 3. The topological polar surface area (TPSA) is 48.5 Å². The van der Waals surface area contributed by atoms with Gasteiger partial charge >= 0.3 is 6.03 Å². The van der Waals surface area contributed by atoms with Crippen LogP contribution >= 0.6 is 0 Å². The summed E-state index contributed by atoms with van der Waals surface area (Å²) in [6, 6.07) is 18.0. The zero-order valence-corrected chi connectivity index (χ0v) is 17.0. The lowest BCUT2D eigenvalue weighted by atomic mass is 10.0. The van der Waals surface area contributed by atoms with Gasteiger partial charge in [0, 0.05) is 38.1 Å². The number of aromatic nitrogens is 1. The van der Waals surface area contributed by atoms with E-state index in [9.17, 15) is 9.18 Å². The Morgan fingerprint density at radius 1 is 1.07 bits per heavy atom. The molecule has 1 N–H and O–H groups in total. The number of pyridine rings is 1. The number of rotatable bonds is 4. The first kappa shape index (κ1) is 19.9. The highest BCUT2D eigenvalue weighted by molar-refractivity contribution is 5.89. The number of urea groups is 1. The Bertz CT molecular complexity index is 986. The highest BCUT2D eigenvalue weighted by Gasteiger charge is 2.25. The molecule has 5 nitrogen and oxygen atoms in total. The minimum atomic E-state index is -0.263. The van der Waals surface area contributed by atoms with E-state index < -0.39 is 0 Å². The lowest BCUT2D eigenvalue weighted by molar-refractivity contribution is 0.193. The summed E-state index contributed by atoms with van der Waals surface area (Å²) in [5, 5.41) is 2.96. The van der Waals surface area contributed by atoms with Crippen molar-refractivity contribution in [1.82, 2.24) is 9.88 Å². The van der Waals surface area contributed by atoms with Gasteiger partial charge in [-0.3, -0.25) is 4.98 Å². The summed E-state index contributed by atoms with van der Waals surface area (Å²) in [5.74, 6) is -0.263. The Morgan fingerprint density at radius 2 is 1.83 bits per heavy atom. The highest BCUT2D eigenvalue weighted by atomic mass is 19.1. The zero-order valence-electron chi connectivity index (χ0n) is 17.0. The molecule has 0 bridgehead atoms. The summed E-state index contributed by atoms with van der Waals surface area (Å²) in [5.41, 5.74) is 3.57. The normalized spacial score (nSPS) is 14.4. The predicted octanol–water partition coefficient (Wildman–Crippen LogP) is 5.02. The SMILES string of the molecule is CN(C(=O)Nc1ccc(-c2cccc(F)c2)cc1)C1CCN(c2cccnc2)CC1. The van der Waals surface area contributed by atoms with Crippen LogP contribution in [0.3, 0.4) is 0 Å². The molecule has 1 aliphatic rings. The van der Waals surface area contributed by atoms with Crippen LogP contribution in [-0.2, 0) is 0 Å². The number of nitrogens with one attached hydrogen (secondary N) is 1. The Balaban J connectivity index is 1.32. The smallest absolute Gasteiger partial charge is 0.321 e. The van der Waals surface area contributed by atoms with Crippen LogP contribution in [0.5, 0.6) is 0 Å². The fourth-order valence-electron chi connectivity index (χ4n) is 3.84. The van der Waals surface area contributed by atoms with Gasteiger partial charge in [-0.05, 0) is 60.4 Å². The van der Waals surface area contributed by atoms with Crippen LogP contribution in [0.2, 0.25) is 0 Å². The fraction of sp³-hybridized carbons (Fsp3) is 0.250. The summed E-state index contributed by atoms with van der Waals surface area (Å²) >= 11 is 0. The number of anilines is 2. The van der Waals surface area contributed by atoms with Crippen LogP contribution in [0, 0.1) is 5.82 Å². The van der Waals surface area contributed by atoms with Crippen molar-refractivity contribution < 1.29 is 9.18 Å². The molecule has 1 saturated heterocycles. The van der Waals surface area contributed by atoms with Gasteiger partial charge in [-0.25, -0.2) is 9.18 Å². The monoisotopic (exact) mass is 404 g/mol. The number of amides is 2. The van der Waals surface area contributed by atoms with Gasteiger partial charge in [0.1, 0.15) is 5.82 Å². The minimum absolute atomic E-state index is 0.117. The third kappa shape index (κ3) is 4.59. The van der Waals surface area contributed by atoms with E-state index in [-0.39, 0.29) is 17.9 Å². The molecule has 1 aromatic heterocycles. The Morgan fingerprint density at radius 3 is 2.50 bits per heavy atom. The molecule has 0 atom stereocenters. The maximum atomic E-state index is 13.4. The summed E-state index contributed by atoms with van der Waals surface area (Å²) in [6.07, 6.45) is 5.48. The number of piperidine rings is 1. The molecule has 0 unspecified atom stereocenters. The largest absolute Gasteiger partial charge is 0.370 e. The lowest BCUT2D eigenvalue weighted by Crippen LogP contribution is -2.47. The second-order valence-electron chi connectivity index (χ2n) is 7.56. The van der Waals surface area contributed by atoms with E-state index in [1.807, 2.05) is 49.6 Å². The van der Waals surface area contributed by atoms with E-state index in [4.69, 9.17) is 0 Å². The van der Waals surface area contributed by atoms with E-state index in [0.717, 1.165) is 48.4 Å². The molecule has 2 amide bonds. The number of hydrogen-bond donors (Lipinski definition) is 1. The van der Waals surface area contributed by atoms with Crippen molar-refractivity contribution in [2.75, 3.05) is 30.4 Å². The molecule has 1 aliphatic heterocycles. The molecule has 3 aromatic rings. The fourth-order valence-corrected chi connectivity index (χ4v) is 3.84. The van der Waals surface area contributed by atoms with E-state index >= 15 is 0 Å². The standard InChI is InChI=1S/C24H25FN4O/c1-28(22-11-14-29(15-12-22)23-6-3-13-26-17-23)24(30)27-21-9-7-18(8-10-21)19-4-2-5-20(25)16-19/h2-10,13,16-17,22H,11-12,14-15H2,1H3,(H,27,30). The Labute approximate surface area is 176 Å². The Hall–Kier alpha value is -3.41. The summed E-state index contributed by atoms with van der Waals surface area (Å²) < 4.78 is 13.4. The van der Waals surface area contributed by atoms with Crippen LogP contribution in [-0.4, -0.2) is 42.1 Å². The van der Waals surface area contributed by atoms with Gasteiger partial charge in [0.15, 0.2) is 0 Å². The quantitative estimate of drug-likeness (QED) is 0.664. The third-order valence-corrected chi connectivity index (χ3v) is 5.64. The van der Waals surface area contributed by atoms with Crippen molar-refractivity contribution in [3.8, 4) is 11.1 Å². The van der Waals surface area contributed by atoms with Crippen molar-refractivity contribution in [3.63, 3.8) is 0 Å². The molecular weight excluding hydrogens is 379 g/mol. The lowest BCUT2D eigenvalue weighted by Gasteiger charge is -2.37. The summed E-state index contributed by atoms with van der Waals surface area (Å²) in [6.45, 7) is 1.80. The maximum Gasteiger partial charge on any atom is 0.321 e. The molecule has 0 aliphatic carbocycles. The Kier molecular flexibility index (Phi) is 5.93. The van der Waals surface area contributed by atoms with Gasteiger partial charge in [-0.15, -0.1) is 0 Å². The summed E-state index contributed by atoms with van der Waals surface area (Å²) in [7, 11) is 1.85. The number of carbonyl (C=O) groups excluding carboxylic acids is 1. The molecule has 0 saturated carbocycles. The average molecular weight is 404 g/mol. The van der Waals surface area contributed by atoms with Gasteiger partial charge in [-0.2, -0.15) is 0 Å². The molecule has 4 rings (SSSR count). The van der Waals surface area contributed by atoms with Crippen LogP contribution in [0.4, 0.5) is 20.6 Å². The highest BCUT2D eigenvalue weighted by Crippen LogP contribution is 2.24. The molecule has 2 heterocycles. The predicted molar refractivity (Wildman–Crippen MR) is 118 cm³/mol. The first-order chi connectivity index (χ1) is 14.6. The van der Waals surface area contributed by atoms with Crippen LogP contribution in [0.15, 0.2) is 73.1 Å². The molecule has 0 radical (unpaired) electrons. The minimum Gasteiger partial charge on any atom is -0.370 e. The molecule has 154 valence electrons. The molecule has 0 spiro atoms. The summed E-state index contributed by atoms with van der Waals surface area (Å²) in [4.78, 5) is 21.0. The van der Waals surface area contributed by atoms with Crippen LogP contribution in [0.1, 0.15) is 12.8 Å². The first-order valence-corrected chi connectivity index (χ1v) is 10.1. The van der Waals surface area contributed by atoms with Gasteiger partial charge < -0.3 is 15.1 Å². The second-order valence-corrected chi connectivity index (χ2v) is 7.56. The third-order valence-electron chi connectivity index (χ3n) is 5.64. The van der Waals surface area contributed by atoms with Crippen molar-refractivity contribution in [2.45, 2.75) is 18.9 Å². The average Bonchev–Trinajstić information content (AvgIpc) is 2.80. The molecule has 30 heavy (non-hydrogen) atoms. The van der Waals surface area contributed by atoms with E-state index in [1.165, 1.54) is 12.1 Å². The zero-order chi connectivity index (χ0) is 20.9. The van der Waals surface area contributed by atoms with E-state index in [1.54, 1.807) is 17.2 Å². The van der Waals surface area contributed by atoms with E-state index in [0.29, 0.717) is 0 Å². The van der Waals surface area contributed by atoms with Crippen LogP contribution < -0.4 is 10.2 Å². The van der Waals surface area contributed by atoms with Gasteiger partial charge in [0.2, 0.25) is 0 Å². The number of nitrogens with zero attached hydrogens (tertiary/aromatic N) is 3. The van der Waals surface area contributed by atoms with E-state index in [2.05, 4.69) is 21.3 Å². The van der Waals surface area contributed by atoms with Crippen molar-refractivity contribution in [1.29, 1.82) is 0 Å². The number of halogens is 1. The molecule has 6 heteroatoms. The first-order valence-electron chi connectivity index (χ1n) is 10.1. The van der Waals surface area contributed by atoms with Crippen LogP contribution in [0.25, 0.3) is 11.1 Å². The molecule has 2 aromatic carbocycles. The maximum absolute atomic E-state index is 13.4. The van der Waals surface area contributed by atoms with Gasteiger partial charge in [-0.1, -0.05) is 24.3 Å². The molecular formula is C24H25FN4O. The van der Waals surface area contributed by atoms with Crippen molar-refractivity contribution in [3.05, 3.63) is 78.9 Å². The molecule has 1 fully saturated rings.